The molecule has 1 atom stereocenters. The van der Waals surface area contributed by atoms with Gasteiger partial charge in [0.05, 0.1) is 6.04 Å². The summed E-state index contributed by atoms with van der Waals surface area (Å²) in [7, 11) is 0. The van der Waals surface area contributed by atoms with E-state index in [1.54, 1.807) is 0 Å². The summed E-state index contributed by atoms with van der Waals surface area (Å²) in [4.78, 5) is 0. The summed E-state index contributed by atoms with van der Waals surface area (Å²) in [6.07, 6.45) is 2.11. The molecule has 1 aromatic carbocycles. The third-order valence-electron chi connectivity index (χ3n) is 3.13. The molecule has 0 radical (unpaired) electrons. The van der Waals surface area contributed by atoms with Crippen molar-refractivity contribution in [3.05, 3.63) is 35.7 Å². The monoisotopic (exact) mass is 274 g/mol. The van der Waals surface area contributed by atoms with Gasteiger partial charge in [-0.3, -0.25) is 0 Å². The van der Waals surface area contributed by atoms with Crippen molar-refractivity contribution in [3.8, 4) is 0 Å². The zero-order valence-corrected chi connectivity index (χ0v) is 12.3. The van der Waals surface area contributed by atoms with E-state index in [1.165, 1.54) is 5.56 Å². The second kappa shape index (κ2) is 7.05. The van der Waals surface area contributed by atoms with Gasteiger partial charge in [-0.25, -0.2) is 0 Å². The Kier molecular flexibility index (Phi) is 5.12. The average molecular weight is 274 g/mol. The van der Waals surface area contributed by atoms with Crippen LogP contribution in [-0.4, -0.2) is 16.7 Å². The van der Waals surface area contributed by atoms with Crippen LogP contribution >= 0.6 is 0 Å². The van der Waals surface area contributed by atoms with Gasteiger partial charge in [0.2, 0.25) is 5.89 Å². The lowest BCUT2D eigenvalue weighted by Gasteiger charge is -2.07. The van der Waals surface area contributed by atoms with Gasteiger partial charge in [0, 0.05) is 5.69 Å². The summed E-state index contributed by atoms with van der Waals surface area (Å²) in [6, 6.07) is 8.70. The van der Waals surface area contributed by atoms with Crippen LogP contribution in [0.1, 0.15) is 44.7 Å². The standard InChI is InChI=1S/C15H22N4O/c1-4-10-16-11(3)14-18-19-15(20-14)17-13-8-6-12(5-2)7-9-13/h6-9,11,16H,4-5,10H2,1-3H3,(H,17,19). The third-order valence-corrected chi connectivity index (χ3v) is 3.13. The van der Waals surface area contributed by atoms with Gasteiger partial charge in [0.15, 0.2) is 0 Å². The van der Waals surface area contributed by atoms with E-state index in [2.05, 4.69) is 46.8 Å². The van der Waals surface area contributed by atoms with Crippen molar-refractivity contribution >= 4 is 11.7 Å². The molecule has 5 heteroatoms. The first-order valence-corrected chi connectivity index (χ1v) is 7.15. The maximum Gasteiger partial charge on any atom is 0.320 e. The second-order valence-corrected chi connectivity index (χ2v) is 4.80. The van der Waals surface area contributed by atoms with Crippen molar-refractivity contribution in [2.45, 2.75) is 39.7 Å². The minimum absolute atomic E-state index is 0.0699. The number of anilines is 2. The van der Waals surface area contributed by atoms with Crippen LogP contribution in [-0.2, 0) is 6.42 Å². The summed E-state index contributed by atoms with van der Waals surface area (Å²) in [5.41, 5.74) is 2.26. The predicted octanol–water partition coefficient (Wildman–Crippen LogP) is 3.44. The van der Waals surface area contributed by atoms with Gasteiger partial charge in [-0.1, -0.05) is 31.1 Å². The average Bonchev–Trinajstić information content (AvgIpc) is 2.94. The third kappa shape index (κ3) is 3.81. The van der Waals surface area contributed by atoms with Crippen LogP contribution in [0.4, 0.5) is 11.7 Å². The highest BCUT2D eigenvalue weighted by molar-refractivity contribution is 5.52. The number of aromatic nitrogens is 2. The van der Waals surface area contributed by atoms with Gasteiger partial charge in [0.1, 0.15) is 0 Å². The topological polar surface area (TPSA) is 63.0 Å². The maximum atomic E-state index is 5.61. The van der Waals surface area contributed by atoms with Crippen LogP contribution < -0.4 is 10.6 Å². The highest BCUT2D eigenvalue weighted by Gasteiger charge is 2.12. The predicted molar refractivity (Wildman–Crippen MR) is 80.1 cm³/mol. The quantitative estimate of drug-likeness (QED) is 0.809. The number of hydrogen-bond acceptors (Lipinski definition) is 5. The molecule has 5 nitrogen and oxygen atoms in total. The molecular weight excluding hydrogens is 252 g/mol. The molecule has 1 aromatic heterocycles. The van der Waals surface area contributed by atoms with Crippen molar-refractivity contribution < 1.29 is 4.42 Å². The van der Waals surface area contributed by atoms with Gasteiger partial charge in [-0.05, 0) is 44.0 Å². The maximum absolute atomic E-state index is 5.61. The molecule has 0 amide bonds. The van der Waals surface area contributed by atoms with Crippen LogP contribution in [0.3, 0.4) is 0 Å². The van der Waals surface area contributed by atoms with Crippen molar-refractivity contribution in [2.24, 2.45) is 0 Å². The molecule has 0 aliphatic heterocycles. The van der Waals surface area contributed by atoms with Crippen molar-refractivity contribution in [1.82, 2.24) is 15.5 Å². The highest BCUT2D eigenvalue weighted by Crippen LogP contribution is 2.18. The molecule has 2 N–H and O–H groups in total. The zero-order chi connectivity index (χ0) is 14.4. The largest absolute Gasteiger partial charge is 0.406 e. The van der Waals surface area contributed by atoms with E-state index in [-0.39, 0.29) is 6.04 Å². The molecule has 1 unspecified atom stereocenters. The Balaban J connectivity index is 1.97. The molecule has 0 fully saturated rings. The summed E-state index contributed by atoms with van der Waals surface area (Å²) < 4.78 is 5.61. The number of aryl methyl sites for hydroxylation is 1. The first-order valence-electron chi connectivity index (χ1n) is 7.15. The molecule has 0 bridgehead atoms. The van der Waals surface area contributed by atoms with Crippen molar-refractivity contribution in [1.29, 1.82) is 0 Å². The lowest BCUT2D eigenvalue weighted by Crippen LogP contribution is -2.19. The Morgan fingerprint density at radius 2 is 1.90 bits per heavy atom. The highest BCUT2D eigenvalue weighted by atomic mass is 16.4. The molecule has 0 aliphatic rings. The van der Waals surface area contributed by atoms with Gasteiger partial charge >= 0.3 is 6.01 Å². The van der Waals surface area contributed by atoms with E-state index in [1.807, 2.05) is 19.1 Å². The molecule has 1 heterocycles. The lowest BCUT2D eigenvalue weighted by atomic mass is 10.1. The zero-order valence-electron chi connectivity index (χ0n) is 12.3. The Labute approximate surface area is 119 Å². The van der Waals surface area contributed by atoms with Crippen LogP contribution in [0.2, 0.25) is 0 Å². The van der Waals surface area contributed by atoms with Gasteiger partial charge < -0.3 is 15.1 Å². The number of nitrogens with zero attached hydrogens (tertiary/aromatic N) is 2. The number of nitrogens with one attached hydrogen (secondary N) is 2. The Morgan fingerprint density at radius 1 is 1.15 bits per heavy atom. The first kappa shape index (κ1) is 14.5. The summed E-state index contributed by atoms with van der Waals surface area (Å²) in [5.74, 6) is 0.603. The van der Waals surface area contributed by atoms with E-state index in [0.29, 0.717) is 11.9 Å². The first-order chi connectivity index (χ1) is 9.72. The van der Waals surface area contributed by atoms with E-state index in [0.717, 1.165) is 25.1 Å². The summed E-state index contributed by atoms with van der Waals surface area (Å²) in [5, 5.41) is 14.5. The van der Waals surface area contributed by atoms with E-state index in [4.69, 9.17) is 4.42 Å². The van der Waals surface area contributed by atoms with Gasteiger partial charge in [0.25, 0.3) is 0 Å². The molecule has 0 aliphatic carbocycles. The number of benzene rings is 1. The van der Waals surface area contributed by atoms with Gasteiger partial charge in [-0.2, -0.15) is 0 Å². The molecule has 0 spiro atoms. The fourth-order valence-electron chi connectivity index (χ4n) is 1.86. The molecule has 108 valence electrons. The summed E-state index contributed by atoms with van der Waals surface area (Å²) in [6.45, 7) is 7.21. The van der Waals surface area contributed by atoms with Crippen molar-refractivity contribution in [3.63, 3.8) is 0 Å². The van der Waals surface area contributed by atoms with E-state index < -0.39 is 0 Å². The molecule has 2 rings (SSSR count). The van der Waals surface area contributed by atoms with Gasteiger partial charge in [-0.15, -0.1) is 5.10 Å². The van der Waals surface area contributed by atoms with Crippen LogP contribution in [0, 0.1) is 0 Å². The van der Waals surface area contributed by atoms with E-state index in [9.17, 15) is 0 Å². The van der Waals surface area contributed by atoms with Crippen LogP contribution in [0.25, 0.3) is 0 Å². The Morgan fingerprint density at radius 3 is 2.55 bits per heavy atom. The second-order valence-electron chi connectivity index (χ2n) is 4.80. The smallest absolute Gasteiger partial charge is 0.320 e. The fraction of sp³-hybridized carbons (Fsp3) is 0.467. The summed E-state index contributed by atoms with van der Waals surface area (Å²) >= 11 is 0. The van der Waals surface area contributed by atoms with Crippen LogP contribution in [0.5, 0.6) is 0 Å². The molecular formula is C15H22N4O. The molecule has 0 saturated heterocycles. The minimum Gasteiger partial charge on any atom is -0.406 e. The van der Waals surface area contributed by atoms with Crippen LogP contribution in [0.15, 0.2) is 28.7 Å². The number of hydrogen-bond donors (Lipinski definition) is 2. The SMILES string of the molecule is CCCNC(C)c1nnc(Nc2ccc(CC)cc2)o1. The fourth-order valence-corrected chi connectivity index (χ4v) is 1.86. The number of rotatable bonds is 7. The van der Waals surface area contributed by atoms with Crippen molar-refractivity contribution in [2.75, 3.05) is 11.9 Å². The normalized spacial score (nSPS) is 12.3. The molecule has 0 saturated carbocycles. The lowest BCUT2D eigenvalue weighted by molar-refractivity contribution is 0.424. The molecule has 2 aromatic rings. The van der Waals surface area contributed by atoms with E-state index >= 15 is 0 Å². The minimum atomic E-state index is 0.0699. The Bertz CT molecular complexity index is 521. The Hall–Kier alpha value is -1.88. The molecule has 20 heavy (non-hydrogen) atoms.